The summed E-state index contributed by atoms with van der Waals surface area (Å²) in [7, 11) is 0. The summed E-state index contributed by atoms with van der Waals surface area (Å²) >= 11 is 1.69. The summed E-state index contributed by atoms with van der Waals surface area (Å²) in [6.45, 7) is 1.94. The zero-order valence-electron chi connectivity index (χ0n) is 7.82. The fraction of sp³-hybridized carbons (Fsp3) is 0.500. The SMILES string of the molecule is CCC(N)C(=O)CCc1cccs1. The van der Waals surface area contributed by atoms with Gasteiger partial charge in [0.1, 0.15) is 5.78 Å². The van der Waals surface area contributed by atoms with Gasteiger partial charge in [0.25, 0.3) is 0 Å². The fourth-order valence-electron chi connectivity index (χ4n) is 1.11. The van der Waals surface area contributed by atoms with Crippen molar-refractivity contribution in [2.24, 2.45) is 5.73 Å². The first-order valence-corrected chi connectivity index (χ1v) is 5.42. The van der Waals surface area contributed by atoms with Gasteiger partial charge < -0.3 is 5.73 Å². The Labute approximate surface area is 82.8 Å². The second-order valence-electron chi connectivity index (χ2n) is 3.06. The molecule has 3 heteroatoms. The Hall–Kier alpha value is -0.670. The van der Waals surface area contributed by atoms with Crippen molar-refractivity contribution in [2.75, 3.05) is 0 Å². The number of ketones is 1. The lowest BCUT2D eigenvalue weighted by molar-refractivity contribution is -0.120. The highest BCUT2D eigenvalue weighted by Gasteiger charge is 2.10. The number of carbonyl (C=O) groups excluding carboxylic acids is 1. The average Bonchev–Trinajstić information content (AvgIpc) is 2.65. The molecule has 1 aromatic heterocycles. The minimum atomic E-state index is -0.264. The smallest absolute Gasteiger partial charge is 0.149 e. The average molecular weight is 197 g/mol. The summed E-state index contributed by atoms with van der Waals surface area (Å²) in [5.74, 6) is 0.177. The number of rotatable bonds is 5. The predicted molar refractivity (Wildman–Crippen MR) is 55.9 cm³/mol. The van der Waals surface area contributed by atoms with Crippen molar-refractivity contribution in [3.8, 4) is 0 Å². The summed E-state index contributed by atoms with van der Waals surface area (Å²) < 4.78 is 0. The number of thiophene rings is 1. The van der Waals surface area contributed by atoms with E-state index in [1.807, 2.05) is 18.4 Å². The maximum atomic E-state index is 11.3. The van der Waals surface area contributed by atoms with Crippen molar-refractivity contribution in [1.29, 1.82) is 0 Å². The maximum absolute atomic E-state index is 11.3. The van der Waals surface area contributed by atoms with Gasteiger partial charge in [0.15, 0.2) is 0 Å². The third-order valence-corrected chi connectivity index (χ3v) is 2.99. The number of carbonyl (C=O) groups is 1. The topological polar surface area (TPSA) is 43.1 Å². The molecule has 0 spiro atoms. The van der Waals surface area contributed by atoms with E-state index in [9.17, 15) is 4.79 Å². The van der Waals surface area contributed by atoms with E-state index in [0.717, 1.165) is 12.8 Å². The lowest BCUT2D eigenvalue weighted by Crippen LogP contribution is -2.29. The Morgan fingerprint density at radius 1 is 1.69 bits per heavy atom. The van der Waals surface area contributed by atoms with E-state index in [1.165, 1.54) is 4.88 Å². The molecule has 2 N–H and O–H groups in total. The van der Waals surface area contributed by atoms with Crippen LogP contribution in [0.1, 0.15) is 24.6 Å². The van der Waals surface area contributed by atoms with Gasteiger partial charge in [-0.2, -0.15) is 0 Å². The van der Waals surface area contributed by atoms with E-state index in [0.29, 0.717) is 6.42 Å². The molecule has 13 heavy (non-hydrogen) atoms. The third kappa shape index (κ3) is 3.28. The van der Waals surface area contributed by atoms with Crippen LogP contribution in [0.25, 0.3) is 0 Å². The van der Waals surface area contributed by atoms with Crippen LogP contribution in [-0.2, 0) is 11.2 Å². The normalized spacial score (nSPS) is 12.8. The molecular formula is C10H15NOS. The van der Waals surface area contributed by atoms with Crippen LogP contribution in [0.3, 0.4) is 0 Å². The number of aryl methyl sites for hydroxylation is 1. The van der Waals surface area contributed by atoms with Crippen molar-refractivity contribution in [3.05, 3.63) is 22.4 Å². The lowest BCUT2D eigenvalue weighted by atomic mass is 10.1. The van der Waals surface area contributed by atoms with E-state index >= 15 is 0 Å². The Morgan fingerprint density at radius 2 is 2.46 bits per heavy atom. The molecular weight excluding hydrogens is 182 g/mol. The molecule has 2 nitrogen and oxygen atoms in total. The van der Waals surface area contributed by atoms with Crippen molar-refractivity contribution in [3.63, 3.8) is 0 Å². The summed E-state index contributed by atoms with van der Waals surface area (Å²) in [5.41, 5.74) is 5.61. The van der Waals surface area contributed by atoms with Gasteiger partial charge in [0, 0.05) is 11.3 Å². The minimum Gasteiger partial charge on any atom is -0.322 e. The van der Waals surface area contributed by atoms with Crippen molar-refractivity contribution in [2.45, 2.75) is 32.2 Å². The van der Waals surface area contributed by atoms with Crippen LogP contribution in [0.4, 0.5) is 0 Å². The van der Waals surface area contributed by atoms with Crippen LogP contribution >= 0.6 is 11.3 Å². The molecule has 0 amide bonds. The summed E-state index contributed by atoms with van der Waals surface area (Å²) in [5, 5.41) is 2.03. The largest absolute Gasteiger partial charge is 0.322 e. The molecule has 1 rings (SSSR count). The van der Waals surface area contributed by atoms with Crippen LogP contribution in [-0.4, -0.2) is 11.8 Å². The molecule has 0 aromatic carbocycles. The van der Waals surface area contributed by atoms with Gasteiger partial charge in [-0.25, -0.2) is 0 Å². The van der Waals surface area contributed by atoms with Gasteiger partial charge in [0.05, 0.1) is 6.04 Å². The molecule has 1 aromatic rings. The van der Waals surface area contributed by atoms with Crippen LogP contribution < -0.4 is 5.73 Å². The number of hydrogen-bond donors (Lipinski definition) is 1. The predicted octanol–water partition coefficient (Wildman–Crippen LogP) is 1.99. The van der Waals surface area contributed by atoms with E-state index in [4.69, 9.17) is 5.73 Å². The molecule has 0 aliphatic rings. The van der Waals surface area contributed by atoms with Crippen LogP contribution in [0.5, 0.6) is 0 Å². The third-order valence-electron chi connectivity index (χ3n) is 2.05. The van der Waals surface area contributed by atoms with E-state index in [1.54, 1.807) is 11.3 Å². The summed E-state index contributed by atoms with van der Waals surface area (Å²) in [6.07, 6.45) is 2.16. The van der Waals surface area contributed by atoms with Gasteiger partial charge in [-0.15, -0.1) is 11.3 Å². The highest BCUT2D eigenvalue weighted by atomic mass is 32.1. The molecule has 0 bridgehead atoms. The Morgan fingerprint density at radius 3 is 3.00 bits per heavy atom. The van der Waals surface area contributed by atoms with Crippen LogP contribution in [0.2, 0.25) is 0 Å². The Bertz CT molecular complexity index is 256. The van der Waals surface area contributed by atoms with E-state index < -0.39 is 0 Å². The first-order chi connectivity index (χ1) is 6.24. The Balaban J connectivity index is 2.31. The second-order valence-corrected chi connectivity index (χ2v) is 4.09. The van der Waals surface area contributed by atoms with Gasteiger partial charge >= 0.3 is 0 Å². The summed E-state index contributed by atoms with van der Waals surface area (Å²) in [6, 6.07) is 3.79. The molecule has 0 aliphatic carbocycles. The van der Waals surface area contributed by atoms with Crippen molar-refractivity contribution >= 4 is 17.1 Å². The first kappa shape index (κ1) is 10.4. The number of hydrogen-bond acceptors (Lipinski definition) is 3. The monoisotopic (exact) mass is 197 g/mol. The highest BCUT2D eigenvalue weighted by Crippen LogP contribution is 2.11. The van der Waals surface area contributed by atoms with Gasteiger partial charge in [-0.3, -0.25) is 4.79 Å². The quantitative estimate of drug-likeness (QED) is 0.784. The lowest BCUT2D eigenvalue weighted by Gasteiger charge is -2.05. The standard InChI is InChI=1S/C10H15NOS/c1-2-9(11)10(12)6-5-8-4-3-7-13-8/h3-4,7,9H,2,5-6,11H2,1H3. The van der Waals surface area contributed by atoms with Crippen LogP contribution in [0.15, 0.2) is 17.5 Å². The molecule has 72 valence electrons. The molecule has 0 saturated carbocycles. The van der Waals surface area contributed by atoms with E-state index in [-0.39, 0.29) is 11.8 Å². The first-order valence-electron chi connectivity index (χ1n) is 4.54. The Kier molecular flexibility index (Phi) is 4.12. The zero-order chi connectivity index (χ0) is 9.68. The molecule has 1 unspecified atom stereocenters. The molecule has 1 heterocycles. The second kappa shape index (κ2) is 5.14. The summed E-state index contributed by atoms with van der Waals surface area (Å²) in [4.78, 5) is 12.6. The maximum Gasteiger partial charge on any atom is 0.149 e. The highest BCUT2D eigenvalue weighted by molar-refractivity contribution is 7.09. The van der Waals surface area contributed by atoms with Crippen LogP contribution in [0, 0.1) is 0 Å². The van der Waals surface area contributed by atoms with Gasteiger partial charge in [0.2, 0.25) is 0 Å². The molecule has 0 aliphatic heterocycles. The van der Waals surface area contributed by atoms with Crippen molar-refractivity contribution in [1.82, 2.24) is 0 Å². The van der Waals surface area contributed by atoms with Gasteiger partial charge in [-0.1, -0.05) is 13.0 Å². The fourth-order valence-corrected chi connectivity index (χ4v) is 1.82. The van der Waals surface area contributed by atoms with E-state index in [2.05, 4.69) is 6.07 Å². The zero-order valence-corrected chi connectivity index (χ0v) is 8.64. The molecule has 1 atom stereocenters. The molecule has 0 fully saturated rings. The number of nitrogens with two attached hydrogens (primary N) is 1. The van der Waals surface area contributed by atoms with Crippen molar-refractivity contribution < 1.29 is 4.79 Å². The number of Topliss-reactive ketones (excluding diaryl/α,β-unsaturated/α-hetero) is 1. The molecule has 0 saturated heterocycles. The van der Waals surface area contributed by atoms with Gasteiger partial charge in [-0.05, 0) is 24.3 Å². The molecule has 0 radical (unpaired) electrons. The minimum absolute atomic E-state index is 0.177.